The van der Waals surface area contributed by atoms with E-state index < -0.39 is 0 Å². The average molecular weight is 334 g/mol. The summed E-state index contributed by atoms with van der Waals surface area (Å²) in [7, 11) is 1.83. The first-order valence-corrected chi connectivity index (χ1v) is 8.18. The van der Waals surface area contributed by atoms with Gasteiger partial charge in [0.2, 0.25) is 5.91 Å². The summed E-state index contributed by atoms with van der Waals surface area (Å²) < 4.78 is 1.81. The largest absolute Gasteiger partial charge is 0.346 e. The van der Waals surface area contributed by atoms with E-state index in [1.807, 2.05) is 38.2 Å². The van der Waals surface area contributed by atoms with Crippen LogP contribution in [0, 0.1) is 0 Å². The maximum absolute atomic E-state index is 12.6. The molecule has 1 N–H and O–H groups in total. The third kappa shape index (κ3) is 2.93. The van der Waals surface area contributed by atoms with Crippen LogP contribution in [0.3, 0.4) is 0 Å². The maximum Gasteiger partial charge on any atom is 0.269 e. The van der Waals surface area contributed by atoms with Gasteiger partial charge < -0.3 is 14.8 Å². The predicted octanol–water partition coefficient (Wildman–Crippen LogP) is 2.57. The zero-order valence-corrected chi connectivity index (χ0v) is 14.1. The summed E-state index contributed by atoms with van der Waals surface area (Å²) in [6.45, 7) is 3.21. The van der Waals surface area contributed by atoms with Crippen molar-refractivity contribution < 1.29 is 9.59 Å². The van der Waals surface area contributed by atoms with E-state index in [4.69, 9.17) is 11.6 Å². The first-order chi connectivity index (χ1) is 11.0. The van der Waals surface area contributed by atoms with Crippen molar-refractivity contribution in [2.45, 2.75) is 25.8 Å². The molecule has 1 aliphatic rings. The van der Waals surface area contributed by atoms with Crippen LogP contribution in [-0.4, -0.2) is 40.4 Å². The monoisotopic (exact) mass is 333 g/mol. The van der Waals surface area contributed by atoms with Gasteiger partial charge >= 0.3 is 0 Å². The third-order valence-corrected chi connectivity index (χ3v) is 4.69. The van der Waals surface area contributed by atoms with Gasteiger partial charge in [-0.3, -0.25) is 9.59 Å². The van der Waals surface area contributed by atoms with Crippen molar-refractivity contribution in [1.29, 1.82) is 0 Å². The lowest BCUT2D eigenvalue weighted by molar-refractivity contribution is -0.127. The van der Waals surface area contributed by atoms with Crippen LogP contribution in [0.4, 0.5) is 0 Å². The lowest BCUT2D eigenvalue weighted by Crippen LogP contribution is -2.42. The van der Waals surface area contributed by atoms with Crippen molar-refractivity contribution in [2.75, 3.05) is 13.1 Å². The van der Waals surface area contributed by atoms with Gasteiger partial charge in [-0.1, -0.05) is 29.8 Å². The van der Waals surface area contributed by atoms with Crippen LogP contribution < -0.4 is 5.32 Å². The summed E-state index contributed by atoms with van der Waals surface area (Å²) in [5, 5.41) is 4.28. The molecule has 6 heteroatoms. The van der Waals surface area contributed by atoms with E-state index in [9.17, 15) is 9.59 Å². The number of likely N-dealkylation sites (tertiary alicyclic amines) is 1. The minimum atomic E-state index is -0.215. The lowest BCUT2D eigenvalue weighted by atomic mass is 10.2. The summed E-state index contributed by atoms with van der Waals surface area (Å²) in [4.78, 5) is 26.1. The van der Waals surface area contributed by atoms with Crippen LogP contribution in [0.5, 0.6) is 0 Å². The van der Waals surface area contributed by atoms with Gasteiger partial charge in [-0.15, -0.1) is 0 Å². The number of nitrogens with zero attached hydrogens (tertiary/aromatic N) is 2. The number of rotatable bonds is 4. The fourth-order valence-corrected chi connectivity index (χ4v) is 3.54. The topological polar surface area (TPSA) is 54.3 Å². The van der Waals surface area contributed by atoms with Crippen molar-refractivity contribution >= 4 is 34.3 Å². The quantitative estimate of drug-likeness (QED) is 0.935. The highest BCUT2D eigenvalue weighted by Crippen LogP contribution is 2.29. The molecule has 0 aliphatic carbocycles. The van der Waals surface area contributed by atoms with Crippen LogP contribution in [0.1, 0.15) is 30.3 Å². The Labute approximate surface area is 140 Å². The summed E-state index contributed by atoms with van der Waals surface area (Å²) in [6.07, 6.45) is 1.50. The molecule has 3 rings (SSSR count). The van der Waals surface area contributed by atoms with Crippen LogP contribution in [0.15, 0.2) is 24.3 Å². The minimum absolute atomic E-state index is 0.126. The molecule has 1 fully saturated rings. The second-order valence-corrected chi connectivity index (χ2v) is 6.43. The van der Waals surface area contributed by atoms with Crippen LogP contribution in [-0.2, 0) is 11.8 Å². The number of hydrogen-bond acceptors (Lipinski definition) is 2. The Bertz CT molecular complexity index is 730. The minimum Gasteiger partial charge on any atom is -0.346 e. The number of aryl methyl sites for hydroxylation is 1. The summed E-state index contributed by atoms with van der Waals surface area (Å²) in [5.74, 6) is -0.0541. The Hall–Kier alpha value is -2.01. The number of amides is 2. The Kier molecular flexibility index (Phi) is 4.31. The molecule has 2 heterocycles. The van der Waals surface area contributed by atoms with Crippen LogP contribution >= 0.6 is 11.6 Å². The molecule has 0 bridgehead atoms. The molecule has 122 valence electrons. The second-order valence-electron chi connectivity index (χ2n) is 6.06. The molecule has 0 spiro atoms. The molecule has 1 saturated heterocycles. The van der Waals surface area contributed by atoms with Crippen molar-refractivity contribution in [2.24, 2.45) is 7.05 Å². The molecule has 5 nitrogen and oxygen atoms in total. The van der Waals surface area contributed by atoms with Gasteiger partial charge in [0, 0.05) is 43.5 Å². The number of para-hydroxylation sites is 1. The molecular formula is C17H20ClN3O2. The van der Waals surface area contributed by atoms with Gasteiger partial charge in [0.1, 0.15) is 5.69 Å². The van der Waals surface area contributed by atoms with E-state index in [1.165, 1.54) is 0 Å². The molecule has 1 aliphatic heterocycles. The fraction of sp³-hybridized carbons (Fsp3) is 0.412. The Morgan fingerprint density at radius 2 is 2.13 bits per heavy atom. The van der Waals surface area contributed by atoms with Crippen molar-refractivity contribution in [3.63, 3.8) is 0 Å². The smallest absolute Gasteiger partial charge is 0.269 e. The first kappa shape index (κ1) is 15.9. The van der Waals surface area contributed by atoms with E-state index in [0.717, 1.165) is 23.9 Å². The summed E-state index contributed by atoms with van der Waals surface area (Å²) in [5.41, 5.74) is 1.37. The average Bonchev–Trinajstić information content (AvgIpc) is 3.02. The van der Waals surface area contributed by atoms with Crippen molar-refractivity contribution in [1.82, 2.24) is 14.8 Å². The molecule has 2 aromatic rings. The Morgan fingerprint density at radius 3 is 2.78 bits per heavy atom. The zero-order valence-electron chi connectivity index (χ0n) is 13.3. The van der Waals surface area contributed by atoms with Gasteiger partial charge in [-0.2, -0.15) is 0 Å². The van der Waals surface area contributed by atoms with E-state index in [0.29, 0.717) is 23.7 Å². The standard InChI is InChI=1S/C17H20ClN3O2/c1-11(10-21-9-5-8-14(21)22)19-17(23)16-15(18)12-6-3-4-7-13(12)20(16)2/h3-4,6-7,11H,5,8-10H2,1-2H3,(H,19,23). The predicted molar refractivity (Wildman–Crippen MR) is 90.7 cm³/mol. The first-order valence-electron chi connectivity index (χ1n) is 7.80. The highest BCUT2D eigenvalue weighted by Gasteiger charge is 2.24. The van der Waals surface area contributed by atoms with E-state index in [1.54, 1.807) is 9.47 Å². The number of nitrogens with one attached hydrogen (secondary N) is 1. The Balaban J connectivity index is 1.77. The van der Waals surface area contributed by atoms with Crippen molar-refractivity contribution in [3.05, 3.63) is 35.0 Å². The molecular weight excluding hydrogens is 314 g/mol. The van der Waals surface area contributed by atoms with Gasteiger partial charge in [0.15, 0.2) is 0 Å². The molecule has 1 aromatic carbocycles. The highest BCUT2D eigenvalue weighted by atomic mass is 35.5. The van der Waals surface area contributed by atoms with E-state index in [-0.39, 0.29) is 17.9 Å². The van der Waals surface area contributed by atoms with Gasteiger partial charge in [-0.05, 0) is 19.4 Å². The maximum atomic E-state index is 12.6. The van der Waals surface area contributed by atoms with E-state index >= 15 is 0 Å². The molecule has 1 atom stereocenters. The number of carbonyl (C=O) groups excluding carboxylic acids is 2. The van der Waals surface area contributed by atoms with Crippen LogP contribution in [0.25, 0.3) is 10.9 Å². The number of benzene rings is 1. The fourth-order valence-electron chi connectivity index (χ4n) is 3.16. The number of aromatic nitrogens is 1. The third-order valence-electron chi connectivity index (χ3n) is 4.30. The summed E-state index contributed by atoms with van der Waals surface area (Å²) >= 11 is 6.39. The van der Waals surface area contributed by atoms with E-state index in [2.05, 4.69) is 5.32 Å². The molecule has 0 saturated carbocycles. The van der Waals surface area contributed by atoms with Crippen molar-refractivity contribution in [3.8, 4) is 0 Å². The molecule has 1 unspecified atom stereocenters. The highest BCUT2D eigenvalue weighted by molar-refractivity contribution is 6.38. The normalized spacial score (nSPS) is 16.1. The van der Waals surface area contributed by atoms with Gasteiger partial charge in [0.25, 0.3) is 5.91 Å². The number of halogens is 1. The molecule has 2 amide bonds. The molecule has 0 radical (unpaired) electrons. The second kappa shape index (κ2) is 6.24. The molecule has 1 aromatic heterocycles. The van der Waals surface area contributed by atoms with Gasteiger partial charge in [-0.25, -0.2) is 0 Å². The Morgan fingerprint density at radius 1 is 1.39 bits per heavy atom. The van der Waals surface area contributed by atoms with Gasteiger partial charge in [0.05, 0.1) is 5.02 Å². The zero-order chi connectivity index (χ0) is 16.6. The summed E-state index contributed by atoms with van der Waals surface area (Å²) in [6, 6.07) is 7.53. The van der Waals surface area contributed by atoms with Crippen LogP contribution in [0.2, 0.25) is 5.02 Å². The lowest BCUT2D eigenvalue weighted by Gasteiger charge is -2.21. The number of hydrogen-bond donors (Lipinski definition) is 1. The number of fused-ring (bicyclic) bond motifs is 1. The molecule has 23 heavy (non-hydrogen) atoms. The SMILES string of the molecule is CC(CN1CCCC1=O)NC(=O)c1c(Cl)c2ccccc2n1C. The number of carbonyl (C=O) groups is 2.